The Bertz CT molecular complexity index is 541. The summed E-state index contributed by atoms with van der Waals surface area (Å²) in [6.45, 7) is 2.10. The fourth-order valence-corrected chi connectivity index (χ4v) is 2.06. The van der Waals surface area contributed by atoms with Gasteiger partial charge in [0.25, 0.3) is 5.91 Å². The summed E-state index contributed by atoms with van der Waals surface area (Å²) in [6, 6.07) is 1.42. The molecular formula is C12H14F3N3O3. The number of carbonyl (C=O) groups is 2. The van der Waals surface area contributed by atoms with Crippen LogP contribution in [0.3, 0.4) is 0 Å². The zero-order valence-electron chi connectivity index (χ0n) is 11.3. The molecule has 1 aliphatic rings. The summed E-state index contributed by atoms with van der Waals surface area (Å²) < 4.78 is 41.2. The van der Waals surface area contributed by atoms with Gasteiger partial charge in [-0.3, -0.25) is 14.6 Å². The summed E-state index contributed by atoms with van der Waals surface area (Å²) in [5, 5.41) is 5.73. The molecule has 21 heavy (non-hydrogen) atoms. The molecule has 1 fully saturated rings. The fourth-order valence-electron chi connectivity index (χ4n) is 2.06. The van der Waals surface area contributed by atoms with Gasteiger partial charge in [-0.1, -0.05) is 5.16 Å². The van der Waals surface area contributed by atoms with Crippen molar-refractivity contribution in [1.29, 1.82) is 0 Å². The predicted molar refractivity (Wildman–Crippen MR) is 63.9 cm³/mol. The Morgan fingerprint density at radius 3 is 2.57 bits per heavy atom. The minimum Gasteiger partial charge on any atom is -0.361 e. The smallest absolute Gasteiger partial charge is 0.361 e. The van der Waals surface area contributed by atoms with Crippen molar-refractivity contribution in [2.75, 3.05) is 13.1 Å². The Kier molecular flexibility index (Phi) is 4.19. The van der Waals surface area contributed by atoms with Crippen molar-refractivity contribution < 1.29 is 27.3 Å². The topological polar surface area (TPSA) is 66.7 Å². The lowest BCUT2D eigenvalue weighted by Gasteiger charge is -2.27. The minimum atomic E-state index is -4.40. The Labute approximate surface area is 118 Å². The van der Waals surface area contributed by atoms with Gasteiger partial charge in [0.2, 0.25) is 5.91 Å². The van der Waals surface area contributed by atoms with E-state index in [1.54, 1.807) is 6.92 Å². The molecular weight excluding hydrogens is 291 g/mol. The summed E-state index contributed by atoms with van der Waals surface area (Å²) in [5.74, 6) is -0.837. The van der Waals surface area contributed by atoms with Crippen molar-refractivity contribution in [2.45, 2.75) is 32.4 Å². The number of hydrogen-bond acceptors (Lipinski definition) is 4. The van der Waals surface area contributed by atoms with Gasteiger partial charge in [-0.15, -0.1) is 0 Å². The summed E-state index contributed by atoms with van der Waals surface area (Å²) in [6.07, 6.45) is -5.76. The maximum absolute atomic E-state index is 12.2. The van der Waals surface area contributed by atoms with Crippen LogP contribution in [-0.4, -0.2) is 46.3 Å². The minimum absolute atomic E-state index is 0.0306. The standard InChI is InChI=1S/C12H14F3N3O3/c1-8-7-9(16-21-8)11(20)18-6-2-5-17(18)10(19)3-4-12(13,14)15/h7H,2-6H2,1H3. The highest BCUT2D eigenvalue weighted by Gasteiger charge is 2.35. The third-order valence-corrected chi connectivity index (χ3v) is 3.02. The molecule has 0 radical (unpaired) electrons. The van der Waals surface area contributed by atoms with Crippen LogP contribution in [0, 0.1) is 6.92 Å². The lowest BCUT2D eigenvalue weighted by Crippen LogP contribution is -2.45. The van der Waals surface area contributed by atoms with Gasteiger partial charge in [-0.25, -0.2) is 5.01 Å². The van der Waals surface area contributed by atoms with Gasteiger partial charge in [-0.2, -0.15) is 13.2 Å². The van der Waals surface area contributed by atoms with Gasteiger partial charge in [-0.05, 0) is 13.3 Å². The van der Waals surface area contributed by atoms with E-state index in [0.29, 0.717) is 12.2 Å². The van der Waals surface area contributed by atoms with E-state index in [1.807, 2.05) is 0 Å². The predicted octanol–water partition coefficient (Wildman–Crippen LogP) is 1.92. The van der Waals surface area contributed by atoms with E-state index >= 15 is 0 Å². The first kappa shape index (κ1) is 15.3. The number of aryl methyl sites for hydroxylation is 1. The van der Waals surface area contributed by atoms with E-state index in [-0.39, 0.29) is 18.8 Å². The van der Waals surface area contributed by atoms with Crippen molar-refractivity contribution in [3.8, 4) is 0 Å². The molecule has 2 amide bonds. The average molecular weight is 305 g/mol. The quantitative estimate of drug-likeness (QED) is 0.855. The fraction of sp³-hybridized carbons (Fsp3) is 0.583. The third kappa shape index (κ3) is 3.73. The summed E-state index contributed by atoms with van der Waals surface area (Å²) in [5.41, 5.74) is 0.0306. The molecule has 116 valence electrons. The molecule has 0 saturated carbocycles. The summed E-state index contributed by atoms with van der Waals surface area (Å²) in [7, 11) is 0. The van der Waals surface area contributed by atoms with Crippen LogP contribution >= 0.6 is 0 Å². The van der Waals surface area contributed by atoms with Crippen molar-refractivity contribution in [3.63, 3.8) is 0 Å². The van der Waals surface area contributed by atoms with Gasteiger partial charge in [0.1, 0.15) is 5.76 Å². The van der Waals surface area contributed by atoms with Crippen LogP contribution in [0.1, 0.15) is 35.5 Å². The van der Waals surface area contributed by atoms with Crippen molar-refractivity contribution in [1.82, 2.24) is 15.2 Å². The molecule has 0 spiro atoms. The number of hydrazine groups is 1. The number of rotatable bonds is 3. The maximum atomic E-state index is 12.2. The Hall–Kier alpha value is -2.06. The number of hydrogen-bond donors (Lipinski definition) is 0. The summed E-state index contributed by atoms with van der Waals surface area (Å²) in [4.78, 5) is 24.0. The van der Waals surface area contributed by atoms with Gasteiger partial charge >= 0.3 is 6.18 Å². The number of amides is 2. The highest BCUT2D eigenvalue weighted by molar-refractivity contribution is 5.94. The number of halogens is 3. The molecule has 1 aromatic heterocycles. The molecule has 0 N–H and O–H groups in total. The van der Waals surface area contributed by atoms with Crippen LogP contribution in [0.15, 0.2) is 10.6 Å². The van der Waals surface area contributed by atoms with Gasteiger partial charge in [0.15, 0.2) is 5.69 Å². The summed E-state index contributed by atoms with van der Waals surface area (Å²) >= 11 is 0. The first-order chi connectivity index (χ1) is 9.78. The van der Waals surface area contributed by atoms with E-state index in [4.69, 9.17) is 4.52 Å². The molecule has 0 aromatic carbocycles. The van der Waals surface area contributed by atoms with E-state index in [9.17, 15) is 22.8 Å². The van der Waals surface area contributed by atoms with Crippen molar-refractivity contribution in [3.05, 3.63) is 17.5 Å². The largest absolute Gasteiger partial charge is 0.389 e. The van der Waals surface area contributed by atoms with Gasteiger partial charge in [0.05, 0.1) is 6.42 Å². The molecule has 1 aliphatic heterocycles. The lowest BCUT2D eigenvalue weighted by molar-refractivity contribution is -0.154. The molecule has 0 atom stereocenters. The van der Waals surface area contributed by atoms with Crippen LogP contribution in [0.4, 0.5) is 13.2 Å². The molecule has 2 rings (SSSR count). The van der Waals surface area contributed by atoms with E-state index in [2.05, 4.69) is 5.16 Å². The van der Waals surface area contributed by atoms with E-state index < -0.39 is 30.8 Å². The maximum Gasteiger partial charge on any atom is 0.389 e. The number of carbonyl (C=O) groups excluding carboxylic acids is 2. The molecule has 0 unspecified atom stereocenters. The Morgan fingerprint density at radius 1 is 1.33 bits per heavy atom. The molecule has 2 heterocycles. The molecule has 1 saturated heterocycles. The van der Waals surface area contributed by atoms with Crippen LogP contribution in [-0.2, 0) is 4.79 Å². The first-order valence-corrected chi connectivity index (χ1v) is 6.40. The molecule has 1 aromatic rings. The second-order valence-electron chi connectivity index (χ2n) is 4.74. The average Bonchev–Trinajstić information content (AvgIpc) is 3.02. The van der Waals surface area contributed by atoms with Crippen molar-refractivity contribution >= 4 is 11.8 Å². The SMILES string of the molecule is Cc1cc(C(=O)N2CCCN2C(=O)CCC(F)(F)F)no1. The van der Waals surface area contributed by atoms with Crippen LogP contribution in [0.2, 0.25) is 0 Å². The Morgan fingerprint density at radius 2 is 2.00 bits per heavy atom. The van der Waals surface area contributed by atoms with Crippen LogP contribution in [0.5, 0.6) is 0 Å². The zero-order chi connectivity index (χ0) is 15.6. The van der Waals surface area contributed by atoms with E-state index in [1.165, 1.54) is 6.07 Å². The van der Waals surface area contributed by atoms with E-state index in [0.717, 1.165) is 10.0 Å². The van der Waals surface area contributed by atoms with Gasteiger partial charge in [0, 0.05) is 25.6 Å². The molecule has 6 nitrogen and oxygen atoms in total. The molecule has 0 aliphatic carbocycles. The second-order valence-corrected chi connectivity index (χ2v) is 4.74. The van der Waals surface area contributed by atoms with Gasteiger partial charge < -0.3 is 4.52 Å². The highest BCUT2D eigenvalue weighted by atomic mass is 19.4. The monoisotopic (exact) mass is 305 g/mol. The number of aromatic nitrogens is 1. The second kappa shape index (κ2) is 5.74. The normalized spacial score (nSPS) is 15.6. The highest BCUT2D eigenvalue weighted by Crippen LogP contribution is 2.23. The Balaban J connectivity index is 2.03. The van der Waals surface area contributed by atoms with Crippen LogP contribution in [0.25, 0.3) is 0 Å². The zero-order valence-corrected chi connectivity index (χ0v) is 11.3. The third-order valence-electron chi connectivity index (χ3n) is 3.02. The molecule has 9 heteroatoms. The number of nitrogens with zero attached hydrogens (tertiary/aromatic N) is 3. The van der Waals surface area contributed by atoms with Crippen molar-refractivity contribution in [2.24, 2.45) is 0 Å². The number of alkyl halides is 3. The first-order valence-electron chi connectivity index (χ1n) is 6.40. The lowest BCUT2D eigenvalue weighted by atomic mass is 10.3. The molecule has 0 bridgehead atoms. The van der Waals surface area contributed by atoms with Crippen LogP contribution < -0.4 is 0 Å².